The molecule has 2 fully saturated rings. The Morgan fingerprint density at radius 2 is 2.14 bits per heavy atom. The summed E-state index contributed by atoms with van der Waals surface area (Å²) in [6.07, 6.45) is 3.49. The number of amides is 2. The number of aliphatic hydroxyl groups is 1. The molecule has 2 N–H and O–H groups in total. The third-order valence-corrected chi connectivity index (χ3v) is 5.70. The number of ether oxygens (including phenoxy) is 1. The van der Waals surface area contributed by atoms with E-state index in [1.165, 1.54) is 11.0 Å². The fraction of sp³-hybridized carbons (Fsp3) is 0.550. The molecule has 3 heterocycles. The summed E-state index contributed by atoms with van der Waals surface area (Å²) in [6.45, 7) is 8.16. The highest BCUT2D eigenvalue weighted by Crippen LogP contribution is 2.45. The van der Waals surface area contributed by atoms with Crippen molar-refractivity contribution in [1.82, 2.24) is 9.80 Å². The lowest BCUT2D eigenvalue weighted by molar-refractivity contribution is -0.161. The second-order valence-corrected chi connectivity index (χ2v) is 7.59. The fourth-order valence-corrected chi connectivity index (χ4v) is 4.39. The van der Waals surface area contributed by atoms with Gasteiger partial charge >= 0.3 is 12.1 Å². The number of aliphatic hydroxyl groups excluding tert-OH is 1. The Bertz CT molecular complexity index is 769. The maximum atomic E-state index is 12.3. The fourth-order valence-electron chi connectivity index (χ4n) is 4.39. The zero-order chi connectivity index (χ0) is 20.6. The molecule has 3 rings (SSSR count). The number of hydrogen-bond acceptors (Lipinski definition) is 5. The molecule has 0 bridgehead atoms. The topological polar surface area (TPSA) is 107 Å². The molecule has 0 spiro atoms. The Labute approximate surface area is 163 Å². The van der Waals surface area contributed by atoms with Gasteiger partial charge in [0, 0.05) is 13.1 Å². The number of carboxylic acids is 1. The van der Waals surface area contributed by atoms with Crippen molar-refractivity contribution >= 4 is 18.0 Å². The molecule has 3 aliphatic heterocycles. The number of aliphatic carboxylic acids is 1. The normalized spacial score (nSPS) is 28.2. The van der Waals surface area contributed by atoms with Gasteiger partial charge in [-0.25, -0.2) is 9.59 Å². The van der Waals surface area contributed by atoms with E-state index in [1.54, 1.807) is 11.8 Å². The molecule has 0 aromatic carbocycles. The summed E-state index contributed by atoms with van der Waals surface area (Å²) in [5.41, 5.74) is 1.44. The van der Waals surface area contributed by atoms with Crippen molar-refractivity contribution in [3.05, 3.63) is 35.6 Å². The van der Waals surface area contributed by atoms with Gasteiger partial charge in [0.15, 0.2) is 0 Å². The smallest absolute Gasteiger partial charge is 0.410 e. The van der Waals surface area contributed by atoms with Crippen LogP contribution in [0.4, 0.5) is 4.79 Å². The third kappa shape index (κ3) is 3.44. The number of allylic oxidation sites excluding steroid dienone is 1. The maximum absolute atomic E-state index is 12.3. The molecule has 0 saturated carbocycles. The first-order valence-electron chi connectivity index (χ1n) is 9.45. The molecule has 152 valence electrons. The molecule has 8 heteroatoms. The first-order valence-corrected chi connectivity index (χ1v) is 9.45. The van der Waals surface area contributed by atoms with Crippen LogP contribution in [-0.4, -0.2) is 69.8 Å². The third-order valence-electron chi connectivity index (χ3n) is 5.70. The van der Waals surface area contributed by atoms with Crippen molar-refractivity contribution < 1.29 is 29.3 Å². The van der Waals surface area contributed by atoms with Crippen molar-refractivity contribution in [2.75, 3.05) is 19.7 Å². The Morgan fingerprint density at radius 3 is 2.75 bits per heavy atom. The van der Waals surface area contributed by atoms with Gasteiger partial charge < -0.3 is 24.7 Å². The number of likely N-dealkylation sites (tertiary alicyclic amines) is 1. The van der Waals surface area contributed by atoms with Crippen LogP contribution in [0.1, 0.15) is 26.7 Å². The van der Waals surface area contributed by atoms with E-state index in [-0.39, 0.29) is 36.3 Å². The van der Waals surface area contributed by atoms with Gasteiger partial charge in [-0.2, -0.15) is 0 Å². The number of rotatable bonds is 6. The van der Waals surface area contributed by atoms with E-state index in [0.29, 0.717) is 25.1 Å². The van der Waals surface area contributed by atoms with Gasteiger partial charge in [0.25, 0.3) is 0 Å². The molecule has 4 atom stereocenters. The summed E-state index contributed by atoms with van der Waals surface area (Å²) in [6, 6.07) is -0.300. The molecule has 0 radical (unpaired) electrons. The standard InChI is InChI=1S/C20H26N2O6/c1-4-7-28-20(27)21-6-5-13(10-21)8-11(2)14-9-15-16(12(3)23)18(24)22(15)17(14)19(25)26/h4,8,12-13,15-16,23H,1,5-7,9-10H2,2-3H3,(H,25,26)/b11-8+/t12-,13?,15-,16-/m1/s1. The number of carboxylic acid groups (broad SMARTS) is 1. The van der Waals surface area contributed by atoms with Gasteiger partial charge in [-0.3, -0.25) is 4.79 Å². The number of hydrogen-bond donors (Lipinski definition) is 2. The zero-order valence-corrected chi connectivity index (χ0v) is 16.1. The van der Waals surface area contributed by atoms with Crippen molar-refractivity contribution in [2.45, 2.75) is 38.8 Å². The maximum Gasteiger partial charge on any atom is 0.410 e. The molecule has 3 aliphatic rings. The van der Waals surface area contributed by atoms with Crippen LogP contribution in [0, 0.1) is 11.8 Å². The summed E-state index contributed by atoms with van der Waals surface area (Å²) in [5, 5.41) is 19.5. The SMILES string of the molecule is C=CCOC(=O)N1CCC(/C=C(\C)C2=C(C(=O)O)N3C(=O)[C@H]([C@@H](C)O)[C@H]3C2)C1. The molecular weight excluding hydrogens is 364 g/mol. The van der Waals surface area contributed by atoms with E-state index in [1.807, 2.05) is 13.0 Å². The average Bonchev–Trinajstić information content (AvgIpc) is 3.21. The van der Waals surface area contributed by atoms with Crippen molar-refractivity contribution in [1.29, 1.82) is 0 Å². The lowest BCUT2D eigenvalue weighted by Crippen LogP contribution is -2.61. The zero-order valence-electron chi connectivity index (χ0n) is 16.1. The highest BCUT2D eigenvalue weighted by molar-refractivity contribution is 6.00. The van der Waals surface area contributed by atoms with Crippen LogP contribution in [-0.2, 0) is 14.3 Å². The van der Waals surface area contributed by atoms with E-state index in [9.17, 15) is 24.6 Å². The van der Waals surface area contributed by atoms with Gasteiger partial charge in [0.05, 0.1) is 18.1 Å². The number of nitrogens with zero attached hydrogens (tertiary/aromatic N) is 2. The van der Waals surface area contributed by atoms with E-state index >= 15 is 0 Å². The lowest BCUT2D eigenvalue weighted by Gasteiger charge is -2.44. The van der Waals surface area contributed by atoms with Crippen LogP contribution in [0.2, 0.25) is 0 Å². The molecule has 2 saturated heterocycles. The van der Waals surface area contributed by atoms with Crippen LogP contribution in [0.3, 0.4) is 0 Å². The van der Waals surface area contributed by atoms with Gasteiger partial charge in [-0.15, -0.1) is 0 Å². The number of carbonyl (C=O) groups is 3. The molecule has 28 heavy (non-hydrogen) atoms. The molecule has 1 unspecified atom stereocenters. The van der Waals surface area contributed by atoms with Gasteiger partial charge in [-0.1, -0.05) is 18.7 Å². The summed E-state index contributed by atoms with van der Waals surface area (Å²) in [4.78, 5) is 39.0. The van der Waals surface area contributed by atoms with Crippen LogP contribution in [0.5, 0.6) is 0 Å². The highest BCUT2D eigenvalue weighted by Gasteiger charge is 2.56. The highest BCUT2D eigenvalue weighted by atomic mass is 16.6. The van der Waals surface area contributed by atoms with Gasteiger partial charge in [-0.05, 0) is 43.8 Å². The number of fused-ring (bicyclic) bond motifs is 1. The van der Waals surface area contributed by atoms with Crippen LogP contribution < -0.4 is 0 Å². The van der Waals surface area contributed by atoms with E-state index in [0.717, 1.165) is 12.0 Å². The Hall–Kier alpha value is -2.61. The van der Waals surface area contributed by atoms with E-state index < -0.39 is 18.0 Å². The van der Waals surface area contributed by atoms with Crippen molar-refractivity contribution in [3.63, 3.8) is 0 Å². The Balaban J connectivity index is 1.74. The first-order chi connectivity index (χ1) is 13.3. The minimum atomic E-state index is -1.14. The van der Waals surface area contributed by atoms with Crippen molar-refractivity contribution in [3.8, 4) is 0 Å². The quantitative estimate of drug-likeness (QED) is 0.526. The average molecular weight is 390 g/mol. The van der Waals surface area contributed by atoms with Gasteiger partial charge in [0.2, 0.25) is 5.91 Å². The number of β-lactam (4-membered cyclic amide) rings is 1. The van der Waals surface area contributed by atoms with Crippen LogP contribution in [0.25, 0.3) is 0 Å². The molecule has 0 aromatic rings. The second kappa shape index (κ2) is 7.79. The summed E-state index contributed by atoms with van der Waals surface area (Å²) in [5.74, 6) is -1.93. The van der Waals surface area contributed by atoms with Crippen molar-refractivity contribution in [2.24, 2.45) is 11.8 Å². The minimum absolute atomic E-state index is 0.0147. The molecule has 2 amide bonds. The molecule has 8 nitrogen and oxygen atoms in total. The first kappa shape index (κ1) is 20.1. The molecule has 0 aromatic heterocycles. The predicted molar refractivity (Wildman–Crippen MR) is 100 cm³/mol. The monoisotopic (exact) mass is 390 g/mol. The number of carbonyl (C=O) groups excluding carboxylic acids is 2. The minimum Gasteiger partial charge on any atom is -0.477 e. The summed E-state index contributed by atoms with van der Waals surface area (Å²) in [7, 11) is 0. The second-order valence-electron chi connectivity index (χ2n) is 7.59. The van der Waals surface area contributed by atoms with Crippen LogP contribution in [0.15, 0.2) is 35.6 Å². The molecular formula is C20H26N2O6. The van der Waals surface area contributed by atoms with E-state index in [2.05, 4.69) is 6.58 Å². The Morgan fingerprint density at radius 1 is 1.43 bits per heavy atom. The van der Waals surface area contributed by atoms with Gasteiger partial charge in [0.1, 0.15) is 12.3 Å². The van der Waals surface area contributed by atoms with E-state index in [4.69, 9.17) is 4.74 Å². The summed E-state index contributed by atoms with van der Waals surface area (Å²) < 4.78 is 5.05. The summed E-state index contributed by atoms with van der Waals surface area (Å²) >= 11 is 0. The Kier molecular flexibility index (Phi) is 5.60. The van der Waals surface area contributed by atoms with Crippen LogP contribution >= 0.6 is 0 Å². The lowest BCUT2D eigenvalue weighted by atomic mass is 9.82. The predicted octanol–water partition coefficient (Wildman–Crippen LogP) is 1.53. The molecule has 0 aliphatic carbocycles. The largest absolute Gasteiger partial charge is 0.477 e.